The number of rotatable bonds is 3. The number of aromatic nitrogens is 3. The molecule has 7 nitrogen and oxygen atoms in total. The van der Waals surface area contributed by atoms with E-state index in [0.717, 1.165) is 11.9 Å². The van der Waals surface area contributed by atoms with Gasteiger partial charge in [-0.15, -0.1) is 5.10 Å². The van der Waals surface area contributed by atoms with Gasteiger partial charge in [-0.25, -0.2) is 9.48 Å². The topological polar surface area (TPSA) is 71.3 Å². The maximum Gasteiger partial charge on any atom is 0.434 e. The molecule has 1 aromatic rings. The van der Waals surface area contributed by atoms with Crippen LogP contribution in [0.3, 0.4) is 0 Å². The van der Waals surface area contributed by atoms with Gasteiger partial charge in [-0.3, -0.25) is 9.69 Å². The number of imide groups is 1. The second kappa shape index (κ2) is 5.58. The molecule has 1 aliphatic heterocycles. The Labute approximate surface area is 124 Å². The molecule has 0 N–H and O–H groups in total. The Hall–Kier alpha value is -2.13. The van der Waals surface area contributed by atoms with E-state index in [1.807, 2.05) is 0 Å². The number of aryl methyl sites for hydroxylation is 1. The van der Waals surface area contributed by atoms with Gasteiger partial charge in [0.05, 0.1) is 6.54 Å². The quantitative estimate of drug-likeness (QED) is 0.844. The van der Waals surface area contributed by atoms with Crippen molar-refractivity contribution in [3.8, 4) is 0 Å². The third-order valence-corrected chi connectivity index (χ3v) is 3.44. The summed E-state index contributed by atoms with van der Waals surface area (Å²) in [6, 6.07) is -0.753. The number of hydrogen-bond acceptors (Lipinski definition) is 4. The summed E-state index contributed by atoms with van der Waals surface area (Å²) in [6.45, 7) is 3.27. The molecule has 3 amide bonds. The number of amides is 3. The maximum absolute atomic E-state index is 13.0. The van der Waals surface area contributed by atoms with Gasteiger partial charge in [-0.1, -0.05) is 5.21 Å². The average molecular weight is 319 g/mol. The van der Waals surface area contributed by atoms with Crippen LogP contribution < -0.4 is 0 Å². The minimum atomic E-state index is -4.66. The van der Waals surface area contributed by atoms with Crippen molar-refractivity contribution in [2.24, 2.45) is 7.05 Å². The number of alkyl halides is 3. The smallest absolute Gasteiger partial charge is 0.321 e. The van der Waals surface area contributed by atoms with E-state index in [4.69, 9.17) is 0 Å². The maximum atomic E-state index is 13.0. The number of carbonyl (C=O) groups excluding carboxylic acids is 2. The molecule has 0 aliphatic carbocycles. The van der Waals surface area contributed by atoms with E-state index in [2.05, 4.69) is 10.3 Å². The van der Waals surface area contributed by atoms with Crippen molar-refractivity contribution in [3.05, 3.63) is 11.4 Å². The van der Waals surface area contributed by atoms with E-state index in [0.29, 0.717) is 4.68 Å². The standard InChI is InChI=1S/C12H16F3N5O2/c1-7(2)19-5-4-9(21)20(11(19)22)6-8-10(12(13,14)15)18(3)17-16-8/h7H,4-6H2,1-3H3. The van der Waals surface area contributed by atoms with Crippen LogP contribution in [0.1, 0.15) is 31.7 Å². The summed E-state index contributed by atoms with van der Waals surface area (Å²) in [6.07, 6.45) is -4.58. The zero-order chi connectivity index (χ0) is 16.7. The molecule has 0 spiro atoms. The lowest BCUT2D eigenvalue weighted by molar-refractivity contribution is -0.145. The first-order chi connectivity index (χ1) is 10.1. The normalized spacial score (nSPS) is 16.9. The second-order valence-corrected chi connectivity index (χ2v) is 5.31. The number of hydrogen-bond donors (Lipinski definition) is 0. The van der Waals surface area contributed by atoms with Crippen LogP contribution in [0.5, 0.6) is 0 Å². The van der Waals surface area contributed by atoms with Crippen molar-refractivity contribution >= 4 is 11.9 Å². The van der Waals surface area contributed by atoms with E-state index >= 15 is 0 Å². The van der Waals surface area contributed by atoms with E-state index in [1.165, 1.54) is 4.90 Å². The molecular weight excluding hydrogens is 303 g/mol. The molecule has 0 atom stereocenters. The third kappa shape index (κ3) is 2.90. The Morgan fingerprint density at radius 2 is 1.91 bits per heavy atom. The minimum Gasteiger partial charge on any atom is -0.321 e. The van der Waals surface area contributed by atoms with Gasteiger partial charge in [0.15, 0.2) is 5.69 Å². The van der Waals surface area contributed by atoms with E-state index in [9.17, 15) is 22.8 Å². The summed E-state index contributed by atoms with van der Waals surface area (Å²) in [5, 5.41) is 6.78. The van der Waals surface area contributed by atoms with Crippen LogP contribution in [0.15, 0.2) is 0 Å². The predicted molar refractivity (Wildman–Crippen MR) is 68.4 cm³/mol. The summed E-state index contributed by atoms with van der Waals surface area (Å²) < 4.78 is 39.6. The van der Waals surface area contributed by atoms with Crippen molar-refractivity contribution in [1.29, 1.82) is 0 Å². The van der Waals surface area contributed by atoms with Crippen LogP contribution in [0.2, 0.25) is 0 Å². The highest BCUT2D eigenvalue weighted by molar-refractivity contribution is 5.96. The molecule has 0 aromatic carbocycles. The fourth-order valence-corrected chi connectivity index (χ4v) is 2.35. The fraction of sp³-hybridized carbons (Fsp3) is 0.667. The zero-order valence-corrected chi connectivity index (χ0v) is 12.4. The van der Waals surface area contributed by atoms with Crippen molar-refractivity contribution in [2.45, 2.75) is 39.0 Å². The lowest BCUT2D eigenvalue weighted by Gasteiger charge is -2.36. The lowest BCUT2D eigenvalue weighted by Crippen LogP contribution is -2.54. The fourth-order valence-electron chi connectivity index (χ4n) is 2.35. The number of nitrogens with zero attached hydrogens (tertiary/aromatic N) is 5. The molecule has 2 heterocycles. The van der Waals surface area contributed by atoms with Crippen LogP contribution in [0, 0.1) is 0 Å². The monoisotopic (exact) mass is 319 g/mol. The number of urea groups is 1. The first-order valence-corrected chi connectivity index (χ1v) is 6.69. The Kier molecular flexibility index (Phi) is 4.12. The van der Waals surface area contributed by atoms with E-state index in [-0.39, 0.29) is 19.0 Å². The second-order valence-electron chi connectivity index (χ2n) is 5.31. The van der Waals surface area contributed by atoms with Crippen LogP contribution in [0.4, 0.5) is 18.0 Å². The van der Waals surface area contributed by atoms with Crippen molar-refractivity contribution < 1.29 is 22.8 Å². The van der Waals surface area contributed by atoms with E-state index < -0.39 is 36.0 Å². The first-order valence-electron chi connectivity index (χ1n) is 6.69. The van der Waals surface area contributed by atoms with Gasteiger partial charge in [-0.2, -0.15) is 13.2 Å². The molecule has 22 heavy (non-hydrogen) atoms. The zero-order valence-electron chi connectivity index (χ0n) is 12.4. The minimum absolute atomic E-state index is 0.0749. The highest BCUT2D eigenvalue weighted by Gasteiger charge is 2.41. The molecule has 1 fully saturated rings. The van der Waals surface area contributed by atoms with Crippen molar-refractivity contribution in [2.75, 3.05) is 6.54 Å². The molecule has 0 saturated carbocycles. The molecule has 1 aromatic heterocycles. The van der Waals surface area contributed by atoms with Gasteiger partial charge < -0.3 is 4.90 Å². The van der Waals surface area contributed by atoms with Crippen molar-refractivity contribution in [3.63, 3.8) is 0 Å². The number of halogens is 3. The van der Waals surface area contributed by atoms with Crippen LogP contribution in [0.25, 0.3) is 0 Å². The predicted octanol–water partition coefficient (Wildman–Crippen LogP) is 1.40. The summed E-state index contributed by atoms with van der Waals surface area (Å²) in [5.74, 6) is -0.513. The molecule has 122 valence electrons. The van der Waals surface area contributed by atoms with Gasteiger partial charge in [0.25, 0.3) is 0 Å². The molecule has 1 saturated heterocycles. The SMILES string of the molecule is CC(C)N1CCC(=O)N(Cc2nnn(C)c2C(F)(F)F)C1=O. The van der Waals surface area contributed by atoms with Gasteiger partial charge in [-0.05, 0) is 13.8 Å². The van der Waals surface area contributed by atoms with Gasteiger partial charge in [0.1, 0.15) is 5.69 Å². The Balaban J connectivity index is 2.30. The van der Waals surface area contributed by atoms with Gasteiger partial charge in [0, 0.05) is 26.1 Å². The largest absolute Gasteiger partial charge is 0.434 e. The molecule has 2 rings (SSSR count). The molecule has 1 aliphatic rings. The molecule has 10 heteroatoms. The van der Waals surface area contributed by atoms with Crippen molar-refractivity contribution in [1.82, 2.24) is 24.8 Å². The molecule has 0 unspecified atom stereocenters. The highest BCUT2D eigenvalue weighted by Crippen LogP contribution is 2.31. The summed E-state index contributed by atoms with van der Waals surface area (Å²) >= 11 is 0. The number of carbonyl (C=O) groups is 2. The molecular formula is C12H16F3N5O2. The Morgan fingerprint density at radius 3 is 2.45 bits per heavy atom. The summed E-state index contributed by atoms with van der Waals surface area (Å²) in [4.78, 5) is 26.4. The summed E-state index contributed by atoms with van der Waals surface area (Å²) in [7, 11) is 1.11. The van der Waals surface area contributed by atoms with Crippen LogP contribution in [-0.2, 0) is 24.6 Å². The van der Waals surface area contributed by atoms with Crippen LogP contribution in [-0.4, -0.2) is 49.3 Å². The third-order valence-electron chi connectivity index (χ3n) is 3.44. The first kappa shape index (κ1) is 16.2. The Morgan fingerprint density at radius 1 is 1.27 bits per heavy atom. The van der Waals surface area contributed by atoms with Gasteiger partial charge >= 0.3 is 12.2 Å². The highest BCUT2D eigenvalue weighted by atomic mass is 19.4. The Bertz CT molecular complexity index is 596. The molecule has 0 radical (unpaired) electrons. The lowest BCUT2D eigenvalue weighted by atomic mass is 10.2. The average Bonchev–Trinajstić information content (AvgIpc) is 2.74. The summed E-state index contributed by atoms with van der Waals surface area (Å²) in [5.41, 5.74) is -1.50. The molecule has 0 bridgehead atoms. The van der Waals surface area contributed by atoms with E-state index in [1.54, 1.807) is 13.8 Å². The van der Waals surface area contributed by atoms with Crippen LogP contribution >= 0.6 is 0 Å². The van der Waals surface area contributed by atoms with Gasteiger partial charge in [0.2, 0.25) is 5.91 Å².